The molecule has 0 amide bonds. The zero-order chi connectivity index (χ0) is 23.6. The van der Waals surface area contributed by atoms with Crippen molar-refractivity contribution < 1.29 is 13.6 Å². The summed E-state index contributed by atoms with van der Waals surface area (Å²) in [5.41, 5.74) is 1.98. The fourth-order valence-corrected chi connectivity index (χ4v) is 4.07. The Labute approximate surface area is 184 Å². The van der Waals surface area contributed by atoms with E-state index < -0.39 is 11.8 Å². The Kier molecular flexibility index (Phi) is 7.85. The minimum atomic E-state index is -0.628. The normalized spacial score (nSPS) is 13.5. The second kappa shape index (κ2) is 9.80. The van der Waals surface area contributed by atoms with Crippen molar-refractivity contribution in [2.24, 2.45) is 5.92 Å². The van der Waals surface area contributed by atoms with Gasteiger partial charge < -0.3 is 8.83 Å². The van der Waals surface area contributed by atoms with Gasteiger partial charge in [0, 0.05) is 35.1 Å². The van der Waals surface area contributed by atoms with Gasteiger partial charge in [-0.2, -0.15) is 0 Å². The maximum absolute atomic E-state index is 13.4. The molecule has 5 heteroatoms. The van der Waals surface area contributed by atoms with Gasteiger partial charge in [0.2, 0.25) is 0 Å². The van der Waals surface area contributed by atoms with Gasteiger partial charge in [0.25, 0.3) is 0 Å². The first-order valence-corrected chi connectivity index (χ1v) is 11.2. The van der Waals surface area contributed by atoms with Crippen LogP contribution in [0.2, 0.25) is 0 Å². The molecule has 0 aliphatic rings. The minimum Gasteiger partial charge on any atom is -0.465 e. The second-order valence-electron chi connectivity index (χ2n) is 9.07. The third-order valence-corrected chi connectivity index (χ3v) is 6.31. The van der Waals surface area contributed by atoms with E-state index in [1.165, 1.54) is 0 Å². The molecule has 31 heavy (non-hydrogen) atoms. The highest BCUT2D eigenvalue weighted by molar-refractivity contribution is 5.90. The molecule has 0 spiro atoms. The molecule has 0 bridgehead atoms. The molecule has 0 aliphatic carbocycles. The first-order chi connectivity index (χ1) is 14.4. The summed E-state index contributed by atoms with van der Waals surface area (Å²) in [7, 11) is 0. The highest BCUT2D eigenvalue weighted by Crippen LogP contribution is 2.30. The number of hydrogen-bond donors (Lipinski definition) is 0. The van der Waals surface area contributed by atoms with Crippen LogP contribution in [-0.2, 0) is 17.6 Å². The Balaban J connectivity index is 2.49. The molecule has 2 heterocycles. The van der Waals surface area contributed by atoms with Crippen molar-refractivity contribution in [3.63, 3.8) is 0 Å². The van der Waals surface area contributed by atoms with Crippen LogP contribution >= 0.6 is 0 Å². The molecule has 0 aromatic carbocycles. The van der Waals surface area contributed by atoms with Gasteiger partial charge >= 0.3 is 0 Å². The van der Waals surface area contributed by atoms with E-state index in [1.807, 2.05) is 6.92 Å². The summed E-state index contributed by atoms with van der Waals surface area (Å²) in [6.07, 6.45) is 2.14. The van der Waals surface area contributed by atoms with Gasteiger partial charge in [-0.3, -0.25) is 14.4 Å². The molecule has 0 fully saturated rings. The fraction of sp³-hybridized carbons (Fsp3) is 0.577. The van der Waals surface area contributed by atoms with E-state index in [0.717, 1.165) is 6.42 Å². The standard InChI is InChI=1S/C26H36O5/c1-10-20-14(4)22(27)16(6)25(30-20)18(8)24(29)19(9)26-17(7)23(28)15(5)21(31-26)12-11-13(2)3/h13,18-19H,10-12H2,1-9H3/t18-,19+/m1/s1. The average molecular weight is 429 g/mol. The molecule has 0 aliphatic heterocycles. The van der Waals surface area contributed by atoms with Gasteiger partial charge in [-0.15, -0.1) is 0 Å². The van der Waals surface area contributed by atoms with E-state index >= 15 is 0 Å². The number of rotatable bonds is 8. The minimum absolute atomic E-state index is 0.0707. The van der Waals surface area contributed by atoms with E-state index in [0.29, 0.717) is 64.1 Å². The number of ketones is 1. The molecular weight excluding hydrogens is 392 g/mol. The molecule has 2 aromatic heterocycles. The number of Topliss-reactive ketones (excluding diaryl/α,β-unsaturated/α-hetero) is 1. The molecule has 0 saturated heterocycles. The van der Waals surface area contributed by atoms with Crippen LogP contribution < -0.4 is 10.9 Å². The molecule has 0 saturated carbocycles. The summed E-state index contributed by atoms with van der Waals surface area (Å²) < 4.78 is 12.1. The van der Waals surface area contributed by atoms with Crippen molar-refractivity contribution in [3.8, 4) is 0 Å². The first-order valence-electron chi connectivity index (χ1n) is 11.2. The molecule has 2 rings (SSSR count). The Morgan fingerprint density at radius 1 is 0.742 bits per heavy atom. The predicted octanol–water partition coefficient (Wildman–Crippen LogP) is 5.45. The largest absolute Gasteiger partial charge is 0.465 e. The Morgan fingerprint density at radius 3 is 1.58 bits per heavy atom. The number of hydrogen-bond acceptors (Lipinski definition) is 5. The average Bonchev–Trinajstić information content (AvgIpc) is 2.74. The molecule has 2 aromatic rings. The van der Waals surface area contributed by atoms with E-state index in [4.69, 9.17) is 8.83 Å². The maximum atomic E-state index is 13.4. The van der Waals surface area contributed by atoms with E-state index in [2.05, 4.69) is 13.8 Å². The summed E-state index contributed by atoms with van der Waals surface area (Å²) >= 11 is 0. The number of carbonyl (C=O) groups excluding carboxylic acids is 1. The lowest BCUT2D eigenvalue weighted by molar-refractivity contribution is -0.122. The molecule has 0 radical (unpaired) electrons. The van der Waals surface area contributed by atoms with E-state index in [1.54, 1.807) is 41.5 Å². The van der Waals surface area contributed by atoms with Crippen molar-refractivity contribution >= 4 is 5.78 Å². The third-order valence-electron chi connectivity index (χ3n) is 6.31. The quantitative estimate of drug-likeness (QED) is 0.558. The molecular formula is C26H36O5. The maximum Gasteiger partial charge on any atom is 0.191 e. The molecule has 5 nitrogen and oxygen atoms in total. The molecule has 0 unspecified atom stereocenters. The highest BCUT2D eigenvalue weighted by atomic mass is 16.3. The summed E-state index contributed by atoms with van der Waals surface area (Å²) in [5.74, 6) is 1.15. The predicted molar refractivity (Wildman–Crippen MR) is 123 cm³/mol. The number of carbonyl (C=O) groups is 1. The topological polar surface area (TPSA) is 77.5 Å². The fourth-order valence-electron chi connectivity index (χ4n) is 4.07. The van der Waals surface area contributed by atoms with Gasteiger partial charge in [0.05, 0.1) is 11.8 Å². The van der Waals surface area contributed by atoms with Gasteiger partial charge in [0.1, 0.15) is 23.0 Å². The Bertz CT molecular complexity index is 1080. The van der Waals surface area contributed by atoms with Crippen molar-refractivity contribution in [1.82, 2.24) is 0 Å². The van der Waals surface area contributed by atoms with Crippen LogP contribution in [0, 0.1) is 33.6 Å². The van der Waals surface area contributed by atoms with Crippen molar-refractivity contribution in [3.05, 3.63) is 65.7 Å². The van der Waals surface area contributed by atoms with Crippen molar-refractivity contribution in [2.75, 3.05) is 0 Å². The summed E-state index contributed by atoms with van der Waals surface area (Å²) in [4.78, 5) is 38.8. The van der Waals surface area contributed by atoms with Crippen molar-refractivity contribution in [2.45, 2.75) is 93.4 Å². The Morgan fingerprint density at radius 2 is 1.16 bits per heavy atom. The van der Waals surface area contributed by atoms with Crippen LogP contribution in [0.3, 0.4) is 0 Å². The SMILES string of the molecule is CCc1oc([C@H](C)C(=O)[C@H](C)c2oc(CCC(C)C)c(C)c(=O)c2C)c(C)c(=O)c1C. The van der Waals surface area contributed by atoms with Crippen LogP contribution in [0.15, 0.2) is 18.4 Å². The number of aryl methyl sites for hydroxylation is 2. The monoisotopic (exact) mass is 428 g/mol. The lowest BCUT2D eigenvalue weighted by Crippen LogP contribution is -2.24. The zero-order valence-corrected chi connectivity index (χ0v) is 20.4. The smallest absolute Gasteiger partial charge is 0.191 e. The Hall–Kier alpha value is -2.43. The van der Waals surface area contributed by atoms with Crippen molar-refractivity contribution in [1.29, 1.82) is 0 Å². The van der Waals surface area contributed by atoms with Crippen LogP contribution in [-0.4, -0.2) is 5.78 Å². The lowest BCUT2D eigenvalue weighted by atomic mass is 9.88. The van der Waals surface area contributed by atoms with Gasteiger partial charge in [-0.25, -0.2) is 0 Å². The van der Waals surface area contributed by atoms with E-state index in [9.17, 15) is 14.4 Å². The highest BCUT2D eigenvalue weighted by Gasteiger charge is 2.31. The molecule has 170 valence electrons. The van der Waals surface area contributed by atoms with Crippen LogP contribution in [0.25, 0.3) is 0 Å². The molecule has 0 N–H and O–H groups in total. The van der Waals surface area contributed by atoms with Gasteiger partial charge in [0.15, 0.2) is 16.6 Å². The summed E-state index contributed by atoms with van der Waals surface area (Å²) in [6.45, 7) is 16.6. The lowest BCUT2D eigenvalue weighted by Gasteiger charge is -2.20. The summed E-state index contributed by atoms with van der Waals surface area (Å²) in [6, 6.07) is 0. The van der Waals surface area contributed by atoms with Gasteiger partial charge in [-0.05, 0) is 53.9 Å². The third kappa shape index (κ3) is 4.91. The van der Waals surface area contributed by atoms with E-state index in [-0.39, 0.29) is 16.6 Å². The first kappa shape index (κ1) is 24.8. The summed E-state index contributed by atoms with van der Waals surface area (Å²) in [5, 5.41) is 0. The molecule has 2 atom stereocenters. The second-order valence-corrected chi connectivity index (χ2v) is 9.07. The van der Waals surface area contributed by atoms with Crippen LogP contribution in [0.4, 0.5) is 0 Å². The van der Waals surface area contributed by atoms with Crippen LogP contribution in [0.5, 0.6) is 0 Å². The zero-order valence-electron chi connectivity index (χ0n) is 20.4. The van der Waals surface area contributed by atoms with Crippen LogP contribution in [0.1, 0.15) is 98.2 Å². The van der Waals surface area contributed by atoms with Gasteiger partial charge in [-0.1, -0.05) is 20.8 Å².